The molecule has 1 aliphatic carbocycles. The van der Waals surface area contributed by atoms with Crippen molar-refractivity contribution in [3.05, 3.63) is 23.9 Å². The third-order valence-corrected chi connectivity index (χ3v) is 3.94. The second-order valence-corrected chi connectivity index (χ2v) is 5.86. The van der Waals surface area contributed by atoms with Crippen LogP contribution in [0.5, 0.6) is 5.88 Å². The Kier molecular flexibility index (Phi) is 6.36. The summed E-state index contributed by atoms with van der Waals surface area (Å²) in [6, 6.07) is 3.13. The van der Waals surface area contributed by atoms with Crippen LogP contribution in [-0.2, 0) is 6.54 Å². The van der Waals surface area contributed by atoms with Gasteiger partial charge in [-0.3, -0.25) is 0 Å². The van der Waals surface area contributed by atoms with E-state index >= 15 is 0 Å². The smallest absolute Gasteiger partial charge is 0.315 e. The zero-order valence-corrected chi connectivity index (χ0v) is 13.4. The molecule has 0 unspecified atom stereocenters. The number of halogens is 2. The highest BCUT2D eigenvalue weighted by Crippen LogP contribution is 2.35. The predicted molar refractivity (Wildman–Crippen MR) is 85.7 cm³/mol. The monoisotopic (exact) mass is 337 g/mol. The molecule has 2 amide bonds. The molecule has 1 aliphatic rings. The lowest BCUT2D eigenvalue weighted by Gasteiger charge is -2.28. The summed E-state index contributed by atoms with van der Waals surface area (Å²) >= 11 is 0. The highest BCUT2D eigenvalue weighted by Gasteiger charge is 2.34. The maximum absolute atomic E-state index is 13.1. The van der Waals surface area contributed by atoms with E-state index in [-0.39, 0.29) is 31.4 Å². The molecular weight excluding hydrogens is 316 g/mol. The second kappa shape index (κ2) is 8.48. The number of alkyl halides is 2. The molecule has 2 N–H and O–H groups in total. The molecule has 0 spiro atoms. The van der Waals surface area contributed by atoms with Crippen molar-refractivity contribution >= 4 is 6.03 Å². The Hall–Kier alpha value is -2.36. The van der Waals surface area contributed by atoms with Crippen LogP contribution in [0.2, 0.25) is 0 Å². The van der Waals surface area contributed by atoms with Crippen LogP contribution in [0.1, 0.15) is 31.2 Å². The van der Waals surface area contributed by atoms with Crippen molar-refractivity contribution in [2.75, 3.05) is 13.2 Å². The van der Waals surface area contributed by atoms with E-state index in [0.717, 1.165) is 5.56 Å². The van der Waals surface area contributed by atoms with E-state index in [2.05, 4.69) is 21.5 Å². The Morgan fingerprint density at radius 3 is 2.88 bits per heavy atom. The number of aromatic nitrogens is 1. The van der Waals surface area contributed by atoms with Gasteiger partial charge in [-0.1, -0.05) is 5.92 Å². The summed E-state index contributed by atoms with van der Waals surface area (Å²) in [5, 5.41) is 5.45. The number of carbonyl (C=O) groups excluding carboxylic acids is 1. The largest absolute Gasteiger partial charge is 0.464 e. The minimum absolute atomic E-state index is 0.0988. The van der Waals surface area contributed by atoms with Crippen LogP contribution < -0.4 is 15.4 Å². The van der Waals surface area contributed by atoms with Crippen molar-refractivity contribution in [3.63, 3.8) is 0 Å². The summed E-state index contributed by atoms with van der Waals surface area (Å²) in [6.45, 7) is 0.850. The Labute approximate surface area is 140 Å². The lowest BCUT2D eigenvalue weighted by molar-refractivity contribution is -0.0451. The molecule has 7 heteroatoms. The third-order valence-electron chi connectivity index (χ3n) is 3.94. The molecule has 24 heavy (non-hydrogen) atoms. The molecular formula is C17H21F2N3O2. The molecule has 0 bridgehead atoms. The van der Waals surface area contributed by atoms with Gasteiger partial charge in [-0.2, -0.15) is 0 Å². The molecule has 1 fully saturated rings. The molecule has 5 nitrogen and oxygen atoms in total. The van der Waals surface area contributed by atoms with Gasteiger partial charge in [0.15, 0.2) is 6.61 Å². The fourth-order valence-corrected chi connectivity index (χ4v) is 2.54. The Morgan fingerprint density at radius 1 is 1.42 bits per heavy atom. The van der Waals surface area contributed by atoms with Gasteiger partial charge in [0.05, 0.1) is 0 Å². The quantitative estimate of drug-likeness (QED) is 0.785. The molecule has 130 valence electrons. The fraction of sp³-hybridized carbons (Fsp3) is 0.529. The molecule has 0 aliphatic heterocycles. The van der Waals surface area contributed by atoms with E-state index in [0.29, 0.717) is 31.8 Å². The van der Waals surface area contributed by atoms with Crippen molar-refractivity contribution in [1.82, 2.24) is 15.6 Å². The average Bonchev–Trinajstić information content (AvgIpc) is 2.57. The van der Waals surface area contributed by atoms with Crippen molar-refractivity contribution in [2.45, 2.75) is 38.2 Å². The van der Waals surface area contributed by atoms with Gasteiger partial charge in [0.25, 0.3) is 0 Å². The number of terminal acetylenes is 1. The van der Waals surface area contributed by atoms with Crippen molar-refractivity contribution in [1.29, 1.82) is 0 Å². The first-order valence-corrected chi connectivity index (χ1v) is 7.89. The van der Waals surface area contributed by atoms with Crippen LogP contribution in [-0.4, -0.2) is 30.1 Å². The molecule has 0 saturated heterocycles. The number of nitrogens with zero attached hydrogens (tertiary/aromatic N) is 1. The lowest BCUT2D eigenvalue weighted by Crippen LogP contribution is -2.39. The minimum atomic E-state index is -2.54. The van der Waals surface area contributed by atoms with Crippen molar-refractivity contribution in [3.8, 4) is 18.2 Å². The molecule has 1 heterocycles. The van der Waals surface area contributed by atoms with Gasteiger partial charge in [-0.15, -0.1) is 6.42 Å². The van der Waals surface area contributed by atoms with E-state index in [9.17, 15) is 13.6 Å². The highest BCUT2D eigenvalue weighted by molar-refractivity contribution is 5.73. The van der Waals surface area contributed by atoms with Crippen LogP contribution >= 0.6 is 0 Å². The zero-order chi connectivity index (χ0) is 17.4. The van der Waals surface area contributed by atoms with Crippen molar-refractivity contribution in [2.24, 2.45) is 5.92 Å². The first-order chi connectivity index (χ1) is 11.5. The average molecular weight is 337 g/mol. The number of nitrogens with one attached hydrogen (secondary N) is 2. The molecule has 2 rings (SSSR count). The summed E-state index contributed by atoms with van der Waals surface area (Å²) in [6.07, 6.45) is 7.36. The molecule has 0 radical (unpaired) electrons. The van der Waals surface area contributed by atoms with Crippen LogP contribution in [0.3, 0.4) is 0 Å². The number of carbonyl (C=O) groups is 1. The standard InChI is InChI=1S/C17H21F2N3O2/c1-2-9-24-15-10-14(5-8-20-15)12-22-16(23)21-11-13-3-6-17(18,19)7-4-13/h1,5,8,10,13H,3-4,6-7,9,11-12H2,(H2,21,22,23). The van der Waals surface area contributed by atoms with E-state index in [1.54, 1.807) is 18.3 Å². The first-order valence-electron chi connectivity index (χ1n) is 7.89. The molecule has 0 aromatic carbocycles. The SMILES string of the molecule is C#CCOc1cc(CNC(=O)NCC2CCC(F)(F)CC2)ccn1. The zero-order valence-electron chi connectivity index (χ0n) is 13.4. The van der Waals surface area contributed by atoms with Gasteiger partial charge in [-0.05, 0) is 30.4 Å². The molecule has 1 aromatic heterocycles. The minimum Gasteiger partial charge on any atom is -0.464 e. The first kappa shape index (κ1) is 18.0. The Morgan fingerprint density at radius 2 is 2.17 bits per heavy atom. The third kappa shape index (κ3) is 6.03. The van der Waals surface area contributed by atoms with Crippen LogP contribution in [0, 0.1) is 18.3 Å². The van der Waals surface area contributed by atoms with Crippen LogP contribution in [0.25, 0.3) is 0 Å². The summed E-state index contributed by atoms with van der Waals surface area (Å²) in [5.41, 5.74) is 0.824. The maximum atomic E-state index is 13.1. The Bertz CT molecular complexity index is 592. The second-order valence-electron chi connectivity index (χ2n) is 5.86. The van der Waals surface area contributed by atoms with E-state index in [4.69, 9.17) is 11.2 Å². The normalized spacial score (nSPS) is 16.9. The van der Waals surface area contributed by atoms with Gasteiger partial charge in [-0.25, -0.2) is 18.6 Å². The number of pyridine rings is 1. The van der Waals surface area contributed by atoms with Gasteiger partial charge in [0.2, 0.25) is 11.8 Å². The van der Waals surface area contributed by atoms with E-state index in [1.165, 1.54) is 0 Å². The van der Waals surface area contributed by atoms with Crippen molar-refractivity contribution < 1.29 is 18.3 Å². The molecule has 1 aromatic rings. The highest BCUT2D eigenvalue weighted by atomic mass is 19.3. The number of rotatable bonds is 6. The fourth-order valence-electron chi connectivity index (χ4n) is 2.54. The maximum Gasteiger partial charge on any atom is 0.315 e. The van der Waals surface area contributed by atoms with Gasteiger partial charge < -0.3 is 15.4 Å². The van der Waals surface area contributed by atoms with E-state index < -0.39 is 5.92 Å². The van der Waals surface area contributed by atoms with Gasteiger partial charge in [0.1, 0.15) is 0 Å². The number of ether oxygens (including phenoxy) is 1. The summed E-state index contributed by atoms with van der Waals surface area (Å²) in [4.78, 5) is 15.8. The molecule has 0 atom stereocenters. The Balaban J connectivity index is 1.69. The number of hydrogen-bond donors (Lipinski definition) is 2. The summed E-state index contributed by atoms with van der Waals surface area (Å²) in [7, 11) is 0. The summed E-state index contributed by atoms with van der Waals surface area (Å²) < 4.78 is 31.3. The number of hydrogen-bond acceptors (Lipinski definition) is 3. The predicted octanol–water partition coefficient (Wildman–Crippen LogP) is 2.72. The number of amides is 2. The van der Waals surface area contributed by atoms with E-state index in [1.807, 2.05) is 0 Å². The lowest BCUT2D eigenvalue weighted by atomic mass is 9.87. The summed E-state index contributed by atoms with van der Waals surface area (Å²) in [5.74, 6) is 0.318. The van der Waals surface area contributed by atoms with Gasteiger partial charge >= 0.3 is 6.03 Å². The van der Waals surface area contributed by atoms with Crippen LogP contribution in [0.15, 0.2) is 18.3 Å². The van der Waals surface area contributed by atoms with Crippen LogP contribution in [0.4, 0.5) is 13.6 Å². The topological polar surface area (TPSA) is 63.2 Å². The van der Waals surface area contributed by atoms with Gasteiger partial charge in [0, 0.05) is 38.2 Å². The number of urea groups is 1. The molecule has 1 saturated carbocycles.